The first-order valence-electron chi connectivity index (χ1n) is 9.24. The van der Waals surface area contributed by atoms with Gasteiger partial charge < -0.3 is 9.88 Å². The van der Waals surface area contributed by atoms with Gasteiger partial charge in [0.2, 0.25) is 0 Å². The number of aryl methyl sites for hydroxylation is 2. The molecule has 0 aliphatic heterocycles. The first kappa shape index (κ1) is 20.6. The minimum Gasteiger partial charge on any atom is -0.321 e. The van der Waals surface area contributed by atoms with E-state index in [4.69, 9.17) is 0 Å². The van der Waals surface area contributed by atoms with Crippen LogP contribution in [0, 0.1) is 42.2 Å². The fraction of sp³-hybridized carbons (Fsp3) is 0.130. The van der Waals surface area contributed by atoms with E-state index in [1.54, 1.807) is 18.2 Å². The van der Waals surface area contributed by atoms with Crippen LogP contribution in [0.25, 0.3) is 11.8 Å². The Morgan fingerprint density at radius 3 is 2.53 bits per heavy atom. The quantitative estimate of drug-likeness (QED) is 0.286. The summed E-state index contributed by atoms with van der Waals surface area (Å²) in [6.07, 6.45) is 1.53. The van der Waals surface area contributed by atoms with Crippen molar-refractivity contribution in [3.8, 4) is 11.8 Å². The Bertz CT molecular complexity index is 1220. The Balaban J connectivity index is 1.97. The number of nitro benzene ring substituents is 1. The highest BCUT2D eigenvalue weighted by molar-refractivity contribution is 6.10. The fourth-order valence-corrected chi connectivity index (χ4v) is 3.28. The average molecular weight is 400 g/mol. The minimum atomic E-state index is -0.494. The molecule has 0 radical (unpaired) electrons. The summed E-state index contributed by atoms with van der Waals surface area (Å²) >= 11 is 0. The van der Waals surface area contributed by atoms with Crippen molar-refractivity contribution in [2.75, 3.05) is 5.32 Å². The highest BCUT2D eigenvalue weighted by atomic mass is 16.6. The molecule has 7 nitrogen and oxygen atoms in total. The Hall–Kier alpha value is -4.18. The highest BCUT2D eigenvalue weighted by Crippen LogP contribution is 2.25. The standard InChI is InChI=1S/C23H20N4O3/c1-15-7-4-5-10-22(15)25-23(28)19(14-24)12-18-11-16(2)26(17(18)3)20-8-6-9-21(13-20)27(29)30/h4-13H,1-3H3,(H,25,28)/b19-12-. The predicted octanol–water partition coefficient (Wildman–Crippen LogP) is 4.86. The molecule has 2 aromatic carbocycles. The van der Waals surface area contributed by atoms with Crippen molar-refractivity contribution in [3.05, 3.63) is 92.8 Å². The number of para-hydroxylation sites is 1. The van der Waals surface area contributed by atoms with Gasteiger partial charge in [0, 0.05) is 29.2 Å². The summed E-state index contributed by atoms with van der Waals surface area (Å²) in [7, 11) is 0. The number of nitrogens with one attached hydrogen (secondary N) is 1. The second-order valence-electron chi connectivity index (χ2n) is 6.88. The number of carbonyl (C=O) groups is 1. The number of nitriles is 1. The van der Waals surface area contributed by atoms with E-state index in [-0.39, 0.29) is 11.3 Å². The number of rotatable bonds is 5. The Kier molecular flexibility index (Phi) is 5.79. The minimum absolute atomic E-state index is 0.00702. The van der Waals surface area contributed by atoms with Crippen LogP contribution in [0.5, 0.6) is 0 Å². The van der Waals surface area contributed by atoms with Crippen molar-refractivity contribution in [1.29, 1.82) is 5.26 Å². The molecule has 0 aliphatic rings. The molecule has 1 amide bonds. The lowest BCUT2D eigenvalue weighted by Gasteiger charge is -2.09. The molecule has 0 bridgehead atoms. The molecule has 0 unspecified atom stereocenters. The number of benzene rings is 2. The normalized spacial score (nSPS) is 11.1. The number of amides is 1. The maximum Gasteiger partial charge on any atom is 0.271 e. The van der Waals surface area contributed by atoms with E-state index in [1.165, 1.54) is 18.2 Å². The molecule has 0 aliphatic carbocycles. The van der Waals surface area contributed by atoms with Crippen molar-refractivity contribution in [2.24, 2.45) is 0 Å². The van der Waals surface area contributed by atoms with E-state index in [0.29, 0.717) is 16.9 Å². The monoisotopic (exact) mass is 400 g/mol. The molecule has 30 heavy (non-hydrogen) atoms. The lowest BCUT2D eigenvalue weighted by molar-refractivity contribution is -0.384. The van der Waals surface area contributed by atoms with E-state index in [9.17, 15) is 20.2 Å². The molecule has 1 heterocycles. The smallest absolute Gasteiger partial charge is 0.271 e. The number of hydrogen-bond donors (Lipinski definition) is 1. The lowest BCUT2D eigenvalue weighted by Crippen LogP contribution is -2.14. The second kappa shape index (κ2) is 8.45. The van der Waals surface area contributed by atoms with Gasteiger partial charge in [-0.15, -0.1) is 0 Å². The first-order valence-corrected chi connectivity index (χ1v) is 9.24. The van der Waals surface area contributed by atoms with Crippen LogP contribution in [-0.2, 0) is 4.79 Å². The summed E-state index contributed by atoms with van der Waals surface area (Å²) in [4.78, 5) is 23.3. The van der Waals surface area contributed by atoms with Gasteiger partial charge in [0.1, 0.15) is 11.6 Å². The molecule has 0 saturated carbocycles. The third kappa shape index (κ3) is 4.13. The van der Waals surface area contributed by atoms with Crippen LogP contribution in [0.15, 0.2) is 60.2 Å². The third-order valence-corrected chi connectivity index (χ3v) is 4.83. The maximum atomic E-state index is 12.6. The molecule has 1 N–H and O–H groups in total. The summed E-state index contributed by atoms with van der Waals surface area (Å²) in [6, 6.07) is 17.4. The van der Waals surface area contributed by atoms with Crippen molar-refractivity contribution < 1.29 is 9.72 Å². The van der Waals surface area contributed by atoms with Crippen molar-refractivity contribution in [2.45, 2.75) is 20.8 Å². The zero-order valence-corrected chi connectivity index (χ0v) is 16.8. The van der Waals surface area contributed by atoms with Crippen LogP contribution in [0.3, 0.4) is 0 Å². The van der Waals surface area contributed by atoms with Gasteiger partial charge in [0.15, 0.2) is 0 Å². The number of nitro groups is 1. The van der Waals surface area contributed by atoms with E-state index < -0.39 is 10.8 Å². The van der Waals surface area contributed by atoms with Gasteiger partial charge in [0.05, 0.1) is 10.6 Å². The Morgan fingerprint density at radius 1 is 1.13 bits per heavy atom. The summed E-state index contributed by atoms with van der Waals surface area (Å²) < 4.78 is 1.85. The van der Waals surface area contributed by atoms with Crippen molar-refractivity contribution in [3.63, 3.8) is 0 Å². The molecule has 0 spiro atoms. The maximum absolute atomic E-state index is 12.6. The number of nitrogens with zero attached hydrogens (tertiary/aromatic N) is 3. The molecule has 0 saturated heterocycles. The molecule has 0 fully saturated rings. The van der Waals surface area contributed by atoms with Crippen LogP contribution >= 0.6 is 0 Å². The zero-order valence-electron chi connectivity index (χ0n) is 16.8. The number of aromatic nitrogens is 1. The molecule has 3 rings (SSSR count). The fourth-order valence-electron chi connectivity index (χ4n) is 3.28. The van der Waals surface area contributed by atoms with Crippen LogP contribution in [-0.4, -0.2) is 15.4 Å². The van der Waals surface area contributed by atoms with E-state index >= 15 is 0 Å². The van der Waals surface area contributed by atoms with Gasteiger partial charge in [-0.1, -0.05) is 24.3 Å². The van der Waals surface area contributed by atoms with E-state index in [0.717, 1.165) is 17.0 Å². The molecule has 0 atom stereocenters. The van der Waals surface area contributed by atoms with Gasteiger partial charge in [-0.05, 0) is 56.2 Å². The number of non-ortho nitro benzene ring substituents is 1. The van der Waals surface area contributed by atoms with Gasteiger partial charge >= 0.3 is 0 Å². The molecular weight excluding hydrogens is 380 g/mol. The lowest BCUT2D eigenvalue weighted by atomic mass is 10.1. The Morgan fingerprint density at radius 2 is 1.87 bits per heavy atom. The van der Waals surface area contributed by atoms with Crippen molar-refractivity contribution >= 4 is 23.4 Å². The van der Waals surface area contributed by atoms with Gasteiger partial charge in [-0.25, -0.2) is 0 Å². The third-order valence-electron chi connectivity index (χ3n) is 4.83. The summed E-state index contributed by atoms with van der Waals surface area (Å²) in [5.74, 6) is -0.494. The van der Waals surface area contributed by atoms with Crippen LogP contribution in [0.4, 0.5) is 11.4 Å². The van der Waals surface area contributed by atoms with Crippen molar-refractivity contribution in [1.82, 2.24) is 4.57 Å². The first-order chi connectivity index (χ1) is 14.3. The SMILES string of the molecule is Cc1ccccc1NC(=O)/C(C#N)=C\c1cc(C)n(-c2cccc([N+](=O)[O-])c2)c1C. The van der Waals surface area contributed by atoms with E-state index in [2.05, 4.69) is 5.32 Å². The molecule has 3 aromatic rings. The van der Waals surface area contributed by atoms with Crippen LogP contribution in [0.1, 0.15) is 22.5 Å². The predicted molar refractivity (Wildman–Crippen MR) is 115 cm³/mol. The second-order valence-corrected chi connectivity index (χ2v) is 6.88. The number of anilines is 1. The van der Waals surface area contributed by atoms with Crippen LogP contribution in [0.2, 0.25) is 0 Å². The van der Waals surface area contributed by atoms with E-state index in [1.807, 2.05) is 55.7 Å². The zero-order chi connectivity index (χ0) is 21.8. The van der Waals surface area contributed by atoms with Gasteiger partial charge in [-0.3, -0.25) is 14.9 Å². The molecule has 1 aromatic heterocycles. The van der Waals surface area contributed by atoms with Gasteiger partial charge in [-0.2, -0.15) is 5.26 Å². The summed E-state index contributed by atoms with van der Waals surface area (Å²) in [5.41, 5.74) is 4.43. The summed E-state index contributed by atoms with van der Waals surface area (Å²) in [5, 5.41) is 23.4. The molecular formula is C23H20N4O3. The highest BCUT2D eigenvalue weighted by Gasteiger charge is 2.16. The number of hydrogen-bond acceptors (Lipinski definition) is 4. The molecule has 7 heteroatoms. The van der Waals surface area contributed by atoms with Gasteiger partial charge in [0.25, 0.3) is 11.6 Å². The van der Waals surface area contributed by atoms with Crippen LogP contribution < -0.4 is 5.32 Å². The largest absolute Gasteiger partial charge is 0.321 e. The molecule has 150 valence electrons. The number of carbonyl (C=O) groups excluding carboxylic acids is 1. The summed E-state index contributed by atoms with van der Waals surface area (Å²) in [6.45, 7) is 5.58. The average Bonchev–Trinajstić information content (AvgIpc) is 3.00. The Labute approximate surface area is 174 Å². The topological polar surface area (TPSA) is 101 Å².